The molecular formula is C17H24ClFN2O2. The summed E-state index contributed by atoms with van der Waals surface area (Å²) in [6.45, 7) is 4.18. The van der Waals surface area contributed by atoms with Gasteiger partial charge >= 0.3 is 0 Å². The van der Waals surface area contributed by atoms with E-state index in [1.807, 2.05) is 0 Å². The van der Waals surface area contributed by atoms with Crippen LogP contribution in [0.5, 0.6) is 0 Å². The van der Waals surface area contributed by atoms with Gasteiger partial charge in [-0.2, -0.15) is 0 Å². The maximum absolute atomic E-state index is 13.3. The molecule has 1 amide bonds. The quantitative estimate of drug-likeness (QED) is 0.828. The number of carbonyl (C=O) groups excluding carboxylic acids is 1. The molecule has 0 saturated carbocycles. The molecule has 23 heavy (non-hydrogen) atoms. The minimum atomic E-state index is -0.525. The van der Waals surface area contributed by atoms with Gasteiger partial charge in [0.2, 0.25) is 0 Å². The van der Waals surface area contributed by atoms with Gasteiger partial charge < -0.3 is 10.0 Å². The number of rotatable bonds is 7. The minimum Gasteiger partial charge on any atom is -0.390 e. The van der Waals surface area contributed by atoms with Crippen molar-refractivity contribution in [2.75, 3.05) is 26.7 Å². The summed E-state index contributed by atoms with van der Waals surface area (Å²) >= 11 is 5.78. The number of amides is 1. The standard InChI is InChI=1S/C17H24ClFN2O2/c1-3-4-5-13(9-21-10-14(22)11-21)20(2)17(23)12-6-7-16(19)15(18)8-12/h6-8,13-14,22H,3-5,9-11H2,1-2H3/t13-/m0/s1. The average molecular weight is 343 g/mol. The first-order valence-corrected chi connectivity index (χ1v) is 8.42. The highest BCUT2D eigenvalue weighted by Crippen LogP contribution is 2.20. The van der Waals surface area contributed by atoms with Crippen LogP contribution in [0.25, 0.3) is 0 Å². The molecule has 1 heterocycles. The van der Waals surface area contributed by atoms with Crippen LogP contribution in [0.1, 0.15) is 36.5 Å². The molecule has 1 N–H and O–H groups in total. The normalized spacial score (nSPS) is 16.9. The van der Waals surface area contributed by atoms with Gasteiger partial charge in [-0.15, -0.1) is 0 Å². The van der Waals surface area contributed by atoms with Gasteiger partial charge in [-0.25, -0.2) is 4.39 Å². The van der Waals surface area contributed by atoms with Crippen molar-refractivity contribution in [3.05, 3.63) is 34.6 Å². The van der Waals surface area contributed by atoms with E-state index in [0.29, 0.717) is 18.7 Å². The Morgan fingerprint density at radius 3 is 2.78 bits per heavy atom. The zero-order valence-electron chi connectivity index (χ0n) is 13.6. The maximum Gasteiger partial charge on any atom is 0.253 e. The van der Waals surface area contributed by atoms with Crippen LogP contribution in [0.4, 0.5) is 4.39 Å². The van der Waals surface area contributed by atoms with E-state index < -0.39 is 5.82 Å². The summed E-state index contributed by atoms with van der Waals surface area (Å²) in [5.41, 5.74) is 0.393. The number of likely N-dealkylation sites (tertiary alicyclic amines) is 1. The molecule has 4 nitrogen and oxygen atoms in total. The predicted octanol–water partition coefficient (Wildman–Crippen LogP) is 2.79. The molecule has 1 fully saturated rings. The van der Waals surface area contributed by atoms with Crippen LogP contribution in [-0.4, -0.2) is 59.6 Å². The molecule has 0 spiro atoms. The molecular weight excluding hydrogens is 319 g/mol. The van der Waals surface area contributed by atoms with Crippen LogP contribution in [-0.2, 0) is 0 Å². The molecule has 0 radical (unpaired) electrons. The molecule has 0 bridgehead atoms. The molecule has 1 aliphatic heterocycles. The molecule has 1 aliphatic rings. The molecule has 6 heteroatoms. The van der Waals surface area contributed by atoms with E-state index in [1.54, 1.807) is 11.9 Å². The second-order valence-corrected chi connectivity index (χ2v) is 6.62. The molecule has 0 aromatic heterocycles. The molecule has 1 aromatic rings. The summed E-state index contributed by atoms with van der Waals surface area (Å²) in [6, 6.07) is 4.12. The van der Waals surface area contributed by atoms with Crippen LogP contribution in [0.2, 0.25) is 5.02 Å². The summed E-state index contributed by atoms with van der Waals surface area (Å²) < 4.78 is 13.3. The second-order valence-electron chi connectivity index (χ2n) is 6.21. The van der Waals surface area contributed by atoms with Gasteiger partial charge in [-0.3, -0.25) is 9.69 Å². The van der Waals surface area contributed by atoms with E-state index in [1.165, 1.54) is 18.2 Å². The van der Waals surface area contributed by atoms with E-state index in [4.69, 9.17) is 11.6 Å². The number of aliphatic hydroxyl groups excluding tert-OH is 1. The van der Waals surface area contributed by atoms with Crippen molar-refractivity contribution in [1.29, 1.82) is 0 Å². The van der Waals surface area contributed by atoms with Crippen molar-refractivity contribution >= 4 is 17.5 Å². The Morgan fingerprint density at radius 1 is 1.52 bits per heavy atom. The fourth-order valence-corrected chi connectivity index (χ4v) is 3.02. The number of likely N-dealkylation sites (N-methyl/N-ethyl adjacent to an activating group) is 1. The predicted molar refractivity (Wildman–Crippen MR) is 89.3 cm³/mol. The van der Waals surface area contributed by atoms with Gasteiger partial charge in [0.15, 0.2) is 0 Å². The van der Waals surface area contributed by atoms with Gasteiger partial charge in [0.05, 0.1) is 11.1 Å². The van der Waals surface area contributed by atoms with Crippen LogP contribution >= 0.6 is 11.6 Å². The number of carbonyl (C=O) groups is 1. The Kier molecular flexibility index (Phi) is 6.39. The highest BCUT2D eigenvalue weighted by molar-refractivity contribution is 6.31. The fourth-order valence-electron chi connectivity index (χ4n) is 2.84. The number of unbranched alkanes of at least 4 members (excludes halogenated alkanes) is 1. The first kappa shape index (κ1) is 18.2. The number of nitrogens with zero attached hydrogens (tertiary/aromatic N) is 2. The number of hydrogen-bond acceptors (Lipinski definition) is 3. The van der Waals surface area contributed by atoms with Crippen LogP contribution < -0.4 is 0 Å². The number of benzene rings is 1. The third-order valence-electron chi connectivity index (χ3n) is 4.33. The molecule has 1 atom stereocenters. The van der Waals surface area contributed by atoms with Crippen molar-refractivity contribution in [3.8, 4) is 0 Å². The zero-order chi connectivity index (χ0) is 17.0. The molecule has 1 saturated heterocycles. The zero-order valence-corrected chi connectivity index (χ0v) is 14.4. The summed E-state index contributed by atoms with van der Waals surface area (Å²) in [7, 11) is 1.77. The lowest BCUT2D eigenvalue weighted by Gasteiger charge is -2.40. The third kappa shape index (κ3) is 4.66. The summed E-state index contributed by atoms with van der Waals surface area (Å²) in [5.74, 6) is -0.683. The van der Waals surface area contributed by atoms with Crippen molar-refractivity contribution in [2.24, 2.45) is 0 Å². The van der Waals surface area contributed by atoms with Gasteiger partial charge in [0, 0.05) is 38.3 Å². The summed E-state index contributed by atoms with van der Waals surface area (Å²) in [4.78, 5) is 16.5. The average Bonchev–Trinajstić information content (AvgIpc) is 2.50. The highest BCUT2D eigenvalue weighted by Gasteiger charge is 2.29. The Labute approximate surface area is 141 Å². The highest BCUT2D eigenvalue weighted by atomic mass is 35.5. The van der Waals surface area contributed by atoms with Crippen molar-refractivity contribution in [3.63, 3.8) is 0 Å². The fraction of sp³-hybridized carbons (Fsp3) is 0.588. The van der Waals surface area contributed by atoms with Crippen molar-refractivity contribution in [2.45, 2.75) is 38.3 Å². The Balaban J connectivity index is 2.06. The Bertz CT molecular complexity index is 549. The molecule has 128 valence electrons. The molecule has 0 aliphatic carbocycles. The minimum absolute atomic E-state index is 0.0415. The number of halogens is 2. The molecule has 2 rings (SSSR count). The van der Waals surface area contributed by atoms with E-state index in [2.05, 4.69) is 11.8 Å². The summed E-state index contributed by atoms with van der Waals surface area (Å²) in [6.07, 6.45) is 2.74. The number of hydrogen-bond donors (Lipinski definition) is 1. The third-order valence-corrected chi connectivity index (χ3v) is 4.62. The lowest BCUT2D eigenvalue weighted by molar-refractivity contribution is -0.0114. The summed E-state index contributed by atoms with van der Waals surface area (Å²) in [5, 5.41) is 9.38. The van der Waals surface area contributed by atoms with Crippen LogP contribution in [0, 0.1) is 5.82 Å². The van der Waals surface area contributed by atoms with E-state index in [0.717, 1.165) is 25.8 Å². The van der Waals surface area contributed by atoms with Gasteiger partial charge in [-0.05, 0) is 24.6 Å². The van der Waals surface area contributed by atoms with Gasteiger partial charge in [0.25, 0.3) is 5.91 Å². The van der Waals surface area contributed by atoms with Crippen molar-refractivity contribution in [1.82, 2.24) is 9.80 Å². The van der Waals surface area contributed by atoms with E-state index in [9.17, 15) is 14.3 Å². The largest absolute Gasteiger partial charge is 0.390 e. The first-order chi connectivity index (χ1) is 10.9. The molecule has 0 unspecified atom stereocenters. The monoisotopic (exact) mass is 342 g/mol. The second kappa shape index (κ2) is 8.08. The van der Waals surface area contributed by atoms with E-state index >= 15 is 0 Å². The van der Waals surface area contributed by atoms with E-state index in [-0.39, 0.29) is 23.1 Å². The Morgan fingerprint density at radius 2 is 2.22 bits per heavy atom. The number of β-amino-alcohol motifs (C(OH)–C–C–N with tert-alkyl or cyclic N) is 1. The van der Waals surface area contributed by atoms with Crippen LogP contribution in [0.3, 0.4) is 0 Å². The van der Waals surface area contributed by atoms with Gasteiger partial charge in [0.1, 0.15) is 5.82 Å². The van der Waals surface area contributed by atoms with Crippen molar-refractivity contribution < 1.29 is 14.3 Å². The van der Waals surface area contributed by atoms with Crippen LogP contribution in [0.15, 0.2) is 18.2 Å². The lowest BCUT2D eigenvalue weighted by Crippen LogP contribution is -2.55. The Hall–Kier alpha value is -1.17. The SMILES string of the molecule is CCCC[C@@H](CN1CC(O)C1)N(C)C(=O)c1ccc(F)c(Cl)c1. The maximum atomic E-state index is 13.3. The lowest BCUT2D eigenvalue weighted by atomic mass is 10.0. The van der Waals surface area contributed by atoms with Gasteiger partial charge in [-0.1, -0.05) is 31.4 Å². The topological polar surface area (TPSA) is 43.8 Å². The molecule has 1 aromatic carbocycles. The first-order valence-electron chi connectivity index (χ1n) is 8.05. The smallest absolute Gasteiger partial charge is 0.253 e. The number of aliphatic hydroxyl groups is 1.